The van der Waals surface area contributed by atoms with Crippen LogP contribution in [0, 0.1) is 5.41 Å². The largest absolute Gasteiger partial charge is 0.290 e. The van der Waals surface area contributed by atoms with E-state index in [2.05, 4.69) is 12.7 Å². The SMILES string of the molecule is C=CC=CC(=O)C1=CCCC2(CCCC2)C1. The topological polar surface area (TPSA) is 17.1 Å². The van der Waals surface area contributed by atoms with E-state index in [0.29, 0.717) is 5.41 Å². The molecule has 0 bridgehead atoms. The third-order valence-corrected chi connectivity index (χ3v) is 4.00. The number of hydrogen-bond acceptors (Lipinski definition) is 1. The van der Waals surface area contributed by atoms with Crippen LogP contribution in [-0.2, 0) is 4.79 Å². The number of allylic oxidation sites excluding steroid dienone is 5. The summed E-state index contributed by atoms with van der Waals surface area (Å²) >= 11 is 0. The fraction of sp³-hybridized carbons (Fsp3) is 0.533. The van der Waals surface area contributed by atoms with Gasteiger partial charge in [-0.2, -0.15) is 0 Å². The summed E-state index contributed by atoms with van der Waals surface area (Å²) in [7, 11) is 0. The average Bonchev–Trinajstić information content (AvgIpc) is 2.74. The van der Waals surface area contributed by atoms with Gasteiger partial charge in [-0.05, 0) is 49.2 Å². The molecule has 0 amide bonds. The zero-order valence-electron chi connectivity index (χ0n) is 9.87. The number of hydrogen-bond donors (Lipinski definition) is 0. The number of carbonyl (C=O) groups is 1. The Morgan fingerprint density at radius 2 is 2.06 bits per heavy atom. The number of rotatable bonds is 3. The van der Waals surface area contributed by atoms with Crippen molar-refractivity contribution < 1.29 is 4.79 Å². The summed E-state index contributed by atoms with van der Waals surface area (Å²) in [6.45, 7) is 3.59. The van der Waals surface area contributed by atoms with Crippen LogP contribution in [0.2, 0.25) is 0 Å². The third kappa shape index (κ3) is 2.34. The molecule has 16 heavy (non-hydrogen) atoms. The molecule has 1 saturated carbocycles. The molecular formula is C15H20O. The zero-order valence-corrected chi connectivity index (χ0v) is 9.87. The van der Waals surface area contributed by atoms with Crippen molar-refractivity contribution >= 4 is 5.78 Å². The average molecular weight is 216 g/mol. The van der Waals surface area contributed by atoms with Crippen molar-refractivity contribution in [3.05, 3.63) is 36.5 Å². The summed E-state index contributed by atoms with van der Waals surface area (Å²) < 4.78 is 0. The Bertz CT molecular complexity index is 340. The summed E-state index contributed by atoms with van der Waals surface area (Å²) in [5, 5.41) is 0. The van der Waals surface area contributed by atoms with Crippen molar-refractivity contribution in [1.82, 2.24) is 0 Å². The van der Waals surface area contributed by atoms with Gasteiger partial charge in [0.05, 0.1) is 0 Å². The molecule has 0 aromatic carbocycles. The van der Waals surface area contributed by atoms with Crippen LogP contribution in [0.25, 0.3) is 0 Å². The van der Waals surface area contributed by atoms with Gasteiger partial charge in [-0.3, -0.25) is 4.79 Å². The van der Waals surface area contributed by atoms with Gasteiger partial charge in [0.15, 0.2) is 5.78 Å². The fourth-order valence-electron chi connectivity index (χ4n) is 3.12. The van der Waals surface area contributed by atoms with Crippen LogP contribution in [-0.4, -0.2) is 5.78 Å². The number of ketones is 1. The molecule has 2 aliphatic rings. The van der Waals surface area contributed by atoms with Gasteiger partial charge in [0.2, 0.25) is 0 Å². The van der Waals surface area contributed by atoms with Crippen LogP contribution < -0.4 is 0 Å². The lowest BCUT2D eigenvalue weighted by atomic mass is 9.72. The molecule has 1 nitrogen and oxygen atoms in total. The van der Waals surface area contributed by atoms with E-state index >= 15 is 0 Å². The Hall–Kier alpha value is -1.11. The van der Waals surface area contributed by atoms with E-state index in [1.807, 2.05) is 0 Å². The maximum absolute atomic E-state index is 11.9. The molecule has 0 aromatic rings. The highest BCUT2D eigenvalue weighted by atomic mass is 16.1. The van der Waals surface area contributed by atoms with Crippen molar-refractivity contribution in [1.29, 1.82) is 0 Å². The van der Waals surface area contributed by atoms with Crippen LogP contribution in [0.3, 0.4) is 0 Å². The minimum atomic E-state index is 0.186. The summed E-state index contributed by atoms with van der Waals surface area (Å²) in [4.78, 5) is 11.9. The van der Waals surface area contributed by atoms with E-state index in [0.717, 1.165) is 18.4 Å². The highest BCUT2D eigenvalue weighted by molar-refractivity contribution is 6.04. The smallest absolute Gasteiger partial charge is 0.181 e. The van der Waals surface area contributed by atoms with Gasteiger partial charge in [0.25, 0.3) is 0 Å². The molecule has 86 valence electrons. The molecular weight excluding hydrogens is 196 g/mol. The molecule has 0 unspecified atom stereocenters. The lowest BCUT2D eigenvalue weighted by Crippen LogP contribution is -2.22. The third-order valence-electron chi connectivity index (χ3n) is 4.00. The summed E-state index contributed by atoms with van der Waals surface area (Å²) in [5.74, 6) is 0.186. The highest BCUT2D eigenvalue weighted by Gasteiger charge is 2.36. The van der Waals surface area contributed by atoms with E-state index < -0.39 is 0 Å². The van der Waals surface area contributed by atoms with Gasteiger partial charge in [0, 0.05) is 0 Å². The van der Waals surface area contributed by atoms with E-state index in [4.69, 9.17) is 0 Å². The first-order valence-electron chi connectivity index (χ1n) is 6.28. The summed E-state index contributed by atoms with van der Waals surface area (Å²) in [5.41, 5.74) is 1.51. The van der Waals surface area contributed by atoms with Gasteiger partial charge < -0.3 is 0 Å². The molecule has 0 atom stereocenters. The molecule has 2 aliphatic carbocycles. The quantitative estimate of drug-likeness (QED) is 0.515. The Balaban J connectivity index is 2.06. The summed E-state index contributed by atoms with van der Waals surface area (Å²) in [6, 6.07) is 0. The second-order valence-corrected chi connectivity index (χ2v) is 5.11. The Morgan fingerprint density at radius 1 is 1.31 bits per heavy atom. The number of carbonyl (C=O) groups excluding carboxylic acids is 1. The molecule has 0 aromatic heterocycles. The second-order valence-electron chi connectivity index (χ2n) is 5.11. The van der Waals surface area contributed by atoms with Crippen molar-refractivity contribution in [2.75, 3.05) is 0 Å². The van der Waals surface area contributed by atoms with Crippen LogP contribution in [0.1, 0.15) is 44.9 Å². The molecule has 0 N–H and O–H groups in total. The lowest BCUT2D eigenvalue weighted by molar-refractivity contribution is -0.111. The van der Waals surface area contributed by atoms with Crippen molar-refractivity contribution in [2.24, 2.45) is 5.41 Å². The van der Waals surface area contributed by atoms with Gasteiger partial charge in [-0.1, -0.05) is 37.6 Å². The minimum Gasteiger partial charge on any atom is -0.290 e. The molecule has 0 saturated heterocycles. The predicted octanol–water partition coefficient (Wildman–Crippen LogP) is 3.97. The van der Waals surface area contributed by atoms with Crippen LogP contribution >= 0.6 is 0 Å². The molecule has 2 rings (SSSR count). The Kier molecular flexibility index (Phi) is 3.42. The first-order valence-corrected chi connectivity index (χ1v) is 6.28. The van der Waals surface area contributed by atoms with Gasteiger partial charge in [-0.25, -0.2) is 0 Å². The zero-order chi connectivity index (χ0) is 11.4. The highest BCUT2D eigenvalue weighted by Crippen LogP contribution is 2.49. The fourth-order valence-corrected chi connectivity index (χ4v) is 3.12. The Labute approximate surface area is 97.9 Å². The van der Waals surface area contributed by atoms with Crippen molar-refractivity contribution in [3.63, 3.8) is 0 Å². The molecule has 0 aliphatic heterocycles. The minimum absolute atomic E-state index is 0.186. The first kappa shape index (κ1) is 11.4. The maximum Gasteiger partial charge on any atom is 0.181 e. The molecule has 1 heteroatoms. The van der Waals surface area contributed by atoms with Crippen molar-refractivity contribution in [3.8, 4) is 0 Å². The second kappa shape index (κ2) is 4.82. The molecule has 0 radical (unpaired) electrons. The Morgan fingerprint density at radius 3 is 2.75 bits per heavy atom. The van der Waals surface area contributed by atoms with E-state index in [1.165, 1.54) is 32.1 Å². The molecule has 1 fully saturated rings. The standard InChI is InChI=1S/C15H20O/c1-2-3-8-14(16)13-7-6-11-15(12-13)9-4-5-10-15/h2-3,7-8H,1,4-6,9-12H2. The van der Waals surface area contributed by atoms with E-state index in [9.17, 15) is 4.79 Å². The summed E-state index contributed by atoms with van der Waals surface area (Å²) in [6.07, 6.45) is 15.9. The predicted molar refractivity (Wildman–Crippen MR) is 67.2 cm³/mol. The van der Waals surface area contributed by atoms with Gasteiger partial charge >= 0.3 is 0 Å². The van der Waals surface area contributed by atoms with Crippen molar-refractivity contribution in [2.45, 2.75) is 44.9 Å². The monoisotopic (exact) mass is 216 g/mol. The normalized spacial score (nSPS) is 23.6. The maximum atomic E-state index is 11.9. The van der Waals surface area contributed by atoms with Gasteiger partial charge in [0.1, 0.15) is 0 Å². The van der Waals surface area contributed by atoms with Gasteiger partial charge in [-0.15, -0.1) is 0 Å². The lowest BCUT2D eigenvalue weighted by Gasteiger charge is -2.32. The van der Waals surface area contributed by atoms with Crippen LogP contribution in [0.4, 0.5) is 0 Å². The van der Waals surface area contributed by atoms with Crippen LogP contribution in [0.5, 0.6) is 0 Å². The first-order chi connectivity index (χ1) is 7.76. The molecule has 0 heterocycles. The van der Waals surface area contributed by atoms with Crippen LogP contribution in [0.15, 0.2) is 36.5 Å². The van der Waals surface area contributed by atoms with E-state index in [-0.39, 0.29) is 5.78 Å². The van der Waals surface area contributed by atoms with E-state index in [1.54, 1.807) is 18.2 Å². The molecule has 1 spiro atoms.